The number of hydrogen-bond acceptors (Lipinski definition) is 2. The van der Waals surface area contributed by atoms with Gasteiger partial charge >= 0.3 is 0 Å². The molecule has 0 fully saturated rings. The lowest BCUT2D eigenvalue weighted by Crippen LogP contribution is -2.26. The second kappa shape index (κ2) is 5.61. The largest absolute Gasteiger partial charge is 0.393 e. The smallest absolute Gasteiger partial charge is 0.0589 e. The Morgan fingerprint density at radius 3 is 2.15 bits per heavy atom. The monoisotopic (exact) mass is 188 g/mol. The highest BCUT2D eigenvalue weighted by atomic mass is 16.5. The number of hydrogen-bond donors (Lipinski definition) is 1. The van der Waals surface area contributed by atoms with Gasteiger partial charge < -0.3 is 9.84 Å². The number of aliphatic hydroxyl groups is 1. The van der Waals surface area contributed by atoms with Gasteiger partial charge in [-0.25, -0.2) is 0 Å². The fourth-order valence-corrected chi connectivity index (χ4v) is 1.03. The van der Waals surface area contributed by atoms with Gasteiger partial charge in [0.2, 0.25) is 0 Å². The second-order valence-electron chi connectivity index (χ2n) is 4.94. The van der Waals surface area contributed by atoms with Gasteiger partial charge in [0.1, 0.15) is 0 Å². The standard InChI is InChI=1S/C11H24O2/c1-9(2)13-8-6-7-10(12)11(3,4)5/h9-10,12H,6-8H2,1-5H3. The summed E-state index contributed by atoms with van der Waals surface area (Å²) >= 11 is 0. The molecule has 0 aromatic carbocycles. The van der Waals surface area contributed by atoms with Crippen LogP contribution in [-0.4, -0.2) is 23.9 Å². The predicted octanol–water partition coefficient (Wildman–Crippen LogP) is 2.60. The molecule has 0 saturated heterocycles. The van der Waals surface area contributed by atoms with Gasteiger partial charge in [-0.05, 0) is 32.1 Å². The molecule has 1 unspecified atom stereocenters. The summed E-state index contributed by atoms with van der Waals surface area (Å²) in [5.41, 5.74) is -0.00215. The Hall–Kier alpha value is -0.0800. The molecule has 2 heteroatoms. The van der Waals surface area contributed by atoms with Gasteiger partial charge in [-0.15, -0.1) is 0 Å². The highest BCUT2D eigenvalue weighted by Crippen LogP contribution is 2.22. The molecule has 0 amide bonds. The Morgan fingerprint density at radius 2 is 1.77 bits per heavy atom. The zero-order valence-corrected chi connectivity index (χ0v) is 9.63. The third-order valence-electron chi connectivity index (χ3n) is 2.07. The normalized spacial score (nSPS) is 15.0. The van der Waals surface area contributed by atoms with Crippen molar-refractivity contribution in [2.24, 2.45) is 5.41 Å². The summed E-state index contributed by atoms with van der Waals surface area (Å²) in [4.78, 5) is 0. The molecule has 0 saturated carbocycles. The molecule has 0 heterocycles. The van der Waals surface area contributed by atoms with Crippen LogP contribution in [0.5, 0.6) is 0 Å². The maximum absolute atomic E-state index is 9.70. The molecule has 0 aliphatic carbocycles. The fourth-order valence-electron chi connectivity index (χ4n) is 1.03. The zero-order chi connectivity index (χ0) is 10.5. The van der Waals surface area contributed by atoms with E-state index in [4.69, 9.17) is 4.74 Å². The van der Waals surface area contributed by atoms with E-state index in [0.717, 1.165) is 19.4 Å². The summed E-state index contributed by atoms with van der Waals surface area (Å²) in [6.07, 6.45) is 1.85. The average Bonchev–Trinajstić information content (AvgIpc) is 1.95. The van der Waals surface area contributed by atoms with E-state index in [1.165, 1.54) is 0 Å². The van der Waals surface area contributed by atoms with Crippen LogP contribution < -0.4 is 0 Å². The van der Waals surface area contributed by atoms with Crippen LogP contribution in [0.3, 0.4) is 0 Å². The van der Waals surface area contributed by atoms with Crippen molar-refractivity contribution in [3.05, 3.63) is 0 Å². The maximum atomic E-state index is 9.70. The molecule has 1 atom stereocenters. The van der Waals surface area contributed by atoms with E-state index >= 15 is 0 Å². The van der Waals surface area contributed by atoms with Crippen LogP contribution >= 0.6 is 0 Å². The highest BCUT2D eigenvalue weighted by Gasteiger charge is 2.21. The van der Waals surface area contributed by atoms with Crippen LogP contribution in [0.25, 0.3) is 0 Å². The van der Waals surface area contributed by atoms with E-state index in [2.05, 4.69) is 20.8 Å². The number of aliphatic hydroxyl groups excluding tert-OH is 1. The van der Waals surface area contributed by atoms with Crippen molar-refractivity contribution in [1.29, 1.82) is 0 Å². The average molecular weight is 188 g/mol. The summed E-state index contributed by atoms with van der Waals surface area (Å²) < 4.78 is 5.39. The quantitative estimate of drug-likeness (QED) is 0.672. The van der Waals surface area contributed by atoms with Crippen molar-refractivity contribution in [2.45, 2.75) is 59.7 Å². The van der Waals surface area contributed by atoms with Gasteiger partial charge in [0.15, 0.2) is 0 Å². The van der Waals surface area contributed by atoms with Crippen molar-refractivity contribution in [3.63, 3.8) is 0 Å². The van der Waals surface area contributed by atoms with Crippen molar-refractivity contribution in [3.8, 4) is 0 Å². The van der Waals surface area contributed by atoms with E-state index in [0.29, 0.717) is 6.10 Å². The summed E-state index contributed by atoms with van der Waals surface area (Å²) in [6, 6.07) is 0. The lowest BCUT2D eigenvalue weighted by atomic mass is 9.87. The maximum Gasteiger partial charge on any atom is 0.0589 e. The first-order valence-corrected chi connectivity index (χ1v) is 5.13. The molecule has 0 aliphatic heterocycles. The van der Waals surface area contributed by atoms with E-state index in [9.17, 15) is 5.11 Å². The van der Waals surface area contributed by atoms with Crippen molar-refractivity contribution >= 4 is 0 Å². The molecular formula is C11H24O2. The van der Waals surface area contributed by atoms with Crippen LogP contribution in [0.15, 0.2) is 0 Å². The predicted molar refractivity (Wildman–Crippen MR) is 55.8 cm³/mol. The number of ether oxygens (including phenoxy) is 1. The Kier molecular flexibility index (Phi) is 5.57. The zero-order valence-electron chi connectivity index (χ0n) is 9.63. The third kappa shape index (κ3) is 7.03. The van der Waals surface area contributed by atoms with Crippen molar-refractivity contribution < 1.29 is 9.84 Å². The minimum Gasteiger partial charge on any atom is -0.393 e. The number of rotatable bonds is 5. The summed E-state index contributed by atoms with van der Waals surface area (Å²) in [5.74, 6) is 0. The summed E-state index contributed by atoms with van der Waals surface area (Å²) in [5, 5.41) is 9.70. The lowest BCUT2D eigenvalue weighted by molar-refractivity contribution is 0.0317. The molecule has 80 valence electrons. The molecule has 13 heavy (non-hydrogen) atoms. The van der Waals surface area contributed by atoms with Gasteiger partial charge in [-0.1, -0.05) is 20.8 Å². The van der Waals surface area contributed by atoms with Gasteiger partial charge in [0, 0.05) is 6.61 Å². The Bertz CT molecular complexity index is 125. The molecule has 0 aromatic rings. The molecule has 0 rings (SSSR count). The van der Waals surface area contributed by atoms with Crippen LogP contribution in [0.1, 0.15) is 47.5 Å². The molecule has 0 aromatic heterocycles. The molecule has 0 spiro atoms. The van der Waals surface area contributed by atoms with Gasteiger partial charge in [-0.2, -0.15) is 0 Å². The molecule has 2 nitrogen and oxygen atoms in total. The fraction of sp³-hybridized carbons (Fsp3) is 1.00. The molecule has 1 N–H and O–H groups in total. The SMILES string of the molecule is CC(C)OCCCC(O)C(C)(C)C. The van der Waals surface area contributed by atoms with Crippen LogP contribution in [0.2, 0.25) is 0 Å². The lowest BCUT2D eigenvalue weighted by Gasteiger charge is -2.25. The summed E-state index contributed by atoms with van der Waals surface area (Å²) in [6.45, 7) is 11.0. The Morgan fingerprint density at radius 1 is 1.23 bits per heavy atom. The minimum absolute atomic E-state index is 0.00215. The first-order valence-electron chi connectivity index (χ1n) is 5.13. The first kappa shape index (κ1) is 12.9. The van der Waals surface area contributed by atoms with Gasteiger partial charge in [-0.3, -0.25) is 0 Å². The van der Waals surface area contributed by atoms with E-state index in [1.54, 1.807) is 0 Å². The van der Waals surface area contributed by atoms with Crippen molar-refractivity contribution in [2.75, 3.05) is 6.61 Å². The molecule has 0 radical (unpaired) electrons. The second-order valence-corrected chi connectivity index (χ2v) is 4.94. The van der Waals surface area contributed by atoms with E-state index < -0.39 is 0 Å². The third-order valence-corrected chi connectivity index (χ3v) is 2.07. The van der Waals surface area contributed by atoms with Gasteiger partial charge in [0.25, 0.3) is 0 Å². The Labute approximate surface area is 82.3 Å². The van der Waals surface area contributed by atoms with Crippen molar-refractivity contribution in [1.82, 2.24) is 0 Å². The molecule has 0 aliphatic rings. The topological polar surface area (TPSA) is 29.5 Å². The molecular weight excluding hydrogens is 164 g/mol. The van der Waals surface area contributed by atoms with Crippen LogP contribution in [-0.2, 0) is 4.74 Å². The summed E-state index contributed by atoms with van der Waals surface area (Å²) in [7, 11) is 0. The first-order chi connectivity index (χ1) is 5.84. The highest BCUT2D eigenvalue weighted by molar-refractivity contribution is 4.72. The minimum atomic E-state index is -0.219. The Balaban J connectivity index is 3.43. The van der Waals surface area contributed by atoms with Crippen LogP contribution in [0, 0.1) is 5.41 Å². The van der Waals surface area contributed by atoms with E-state index in [1.807, 2.05) is 13.8 Å². The van der Waals surface area contributed by atoms with E-state index in [-0.39, 0.29) is 11.5 Å². The van der Waals surface area contributed by atoms with Crippen LogP contribution in [0.4, 0.5) is 0 Å². The molecule has 0 bridgehead atoms. The van der Waals surface area contributed by atoms with Gasteiger partial charge in [0.05, 0.1) is 12.2 Å².